The van der Waals surface area contributed by atoms with Gasteiger partial charge >= 0.3 is 0 Å². The smallest absolute Gasteiger partial charge is 0.176 e. The number of nitrogens with zero attached hydrogens (tertiary/aromatic N) is 1. The Hall–Kier alpha value is -1.89. The normalized spacial score (nSPS) is 9.00. The van der Waals surface area contributed by atoms with E-state index in [1.165, 1.54) is 19.2 Å². The maximum absolute atomic E-state index is 13.2. The molecular weight excluding hydrogens is 173 g/mol. The van der Waals surface area contributed by atoms with Crippen molar-refractivity contribution in [3.63, 3.8) is 0 Å². The molecule has 0 aliphatic rings. The van der Waals surface area contributed by atoms with Gasteiger partial charge in [0.15, 0.2) is 17.9 Å². The largest absolute Gasteiger partial charge is 0.492 e. The van der Waals surface area contributed by atoms with Crippen LogP contribution in [0.2, 0.25) is 0 Å². The summed E-state index contributed by atoms with van der Waals surface area (Å²) in [6, 6.07) is 4.34. The first-order valence-electron chi connectivity index (χ1n) is 3.46. The van der Waals surface area contributed by atoms with E-state index in [1.807, 2.05) is 0 Å². The minimum atomic E-state index is -0.795. The fraction of sp³-hybridized carbons (Fsp3) is 0.111. The molecule has 0 fully saturated rings. The van der Waals surface area contributed by atoms with Crippen molar-refractivity contribution >= 4 is 6.29 Å². The predicted octanol–water partition coefficient (Wildman–Crippen LogP) is 1.52. The van der Waals surface area contributed by atoms with Crippen molar-refractivity contribution in [2.75, 3.05) is 7.11 Å². The molecule has 4 heteroatoms. The average Bonchev–Trinajstić information content (AvgIpc) is 2.17. The van der Waals surface area contributed by atoms with Crippen LogP contribution in [-0.2, 0) is 0 Å². The van der Waals surface area contributed by atoms with Crippen molar-refractivity contribution in [2.24, 2.45) is 0 Å². The molecule has 0 heterocycles. The zero-order chi connectivity index (χ0) is 9.84. The fourth-order valence-corrected chi connectivity index (χ4v) is 0.950. The van der Waals surface area contributed by atoms with Crippen molar-refractivity contribution in [2.45, 2.75) is 0 Å². The third-order valence-electron chi connectivity index (χ3n) is 1.58. The van der Waals surface area contributed by atoms with Crippen LogP contribution in [0.1, 0.15) is 15.9 Å². The lowest BCUT2D eigenvalue weighted by Gasteiger charge is -2.04. The van der Waals surface area contributed by atoms with E-state index in [4.69, 9.17) is 5.26 Å². The molecule has 0 aliphatic heterocycles. The van der Waals surface area contributed by atoms with Crippen LogP contribution in [0.3, 0.4) is 0 Å². The zero-order valence-electron chi connectivity index (χ0n) is 6.87. The Balaban J connectivity index is 3.42. The van der Waals surface area contributed by atoms with E-state index >= 15 is 0 Å². The van der Waals surface area contributed by atoms with Crippen molar-refractivity contribution in [3.05, 3.63) is 29.1 Å². The highest BCUT2D eigenvalue weighted by molar-refractivity contribution is 5.77. The van der Waals surface area contributed by atoms with Gasteiger partial charge in [0.25, 0.3) is 0 Å². The van der Waals surface area contributed by atoms with E-state index in [1.54, 1.807) is 6.07 Å². The first kappa shape index (κ1) is 9.20. The van der Waals surface area contributed by atoms with Gasteiger partial charge in [0.1, 0.15) is 6.07 Å². The Morgan fingerprint density at radius 1 is 1.62 bits per heavy atom. The maximum atomic E-state index is 13.2. The number of nitriles is 1. The molecule has 0 aromatic heterocycles. The van der Waals surface area contributed by atoms with E-state index in [0.29, 0.717) is 6.29 Å². The molecule has 0 bridgehead atoms. The number of rotatable bonds is 2. The van der Waals surface area contributed by atoms with Gasteiger partial charge in [0.2, 0.25) is 0 Å². The maximum Gasteiger partial charge on any atom is 0.176 e. The van der Waals surface area contributed by atoms with Crippen LogP contribution in [0, 0.1) is 17.1 Å². The number of halogens is 1. The summed E-state index contributed by atoms with van der Waals surface area (Å²) in [5.74, 6) is -0.983. The van der Waals surface area contributed by atoms with Crippen LogP contribution < -0.4 is 4.74 Å². The van der Waals surface area contributed by atoms with Crippen molar-refractivity contribution < 1.29 is 13.9 Å². The predicted molar refractivity (Wildman–Crippen MR) is 43.1 cm³/mol. The molecule has 1 rings (SSSR count). The molecule has 0 saturated heterocycles. The van der Waals surface area contributed by atoms with Gasteiger partial charge in [0.05, 0.1) is 18.2 Å². The topological polar surface area (TPSA) is 50.1 Å². The third kappa shape index (κ3) is 1.49. The highest BCUT2D eigenvalue weighted by Gasteiger charge is 2.12. The lowest BCUT2D eigenvalue weighted by Crippen LogP contribution is -1.96. The van der Waals surface area contributed by atoms with Crippen LogP contribution in [0.25, 0.3) is 0 Å². The van der Waals surface area contributed by atoms with Gasteiger partial charge in [-0.2, -0.15) is 5.26 Å². The molecule has 0 aliphatic carbocycles. The fourth-order valence-electron chi connectivity index (χ4n) is 0.950. The molecule has 0 unspecified atom stereocenters. The number of carbonyl (C=O) groups excluding carboxylic acids is 1. The van der Waals surface area contributed by atoms with Crippen LogP contribution in [-0.4, -0.2) is 13.4 Å². The monoisotopic (exact) mass is 179 g/mol. The Labute approximate surface area is 74.4 Å². The molecule has 66 valence electrons. The number of carbonyl (C=O) groups is 1. The molecule has 0 atom stereocenters. The molecule has 1 aromatic carbocycles. The lowest BCUT2D eigenvalue weighted by molar-refractivity contribution is 0.111. The summed E-state index contributed by atoms with van der Waals surface area (Å²) in [4.78, 5) is 10.3. The van der Waals surface area contributed by atoms with Crippen LogP contribution in [0.5, 0.6) is 5.75 Å². The molecule has 0 spiro atoms. The second-order valence-electron chi connectivity index (χ2n) is 2.28. The highest BCUT2D eigenvalue weighted by atomic mass is 19.1. The molecule has 1 aromatic rings. The summed E-state index contributed by atoms with van der Waals surface area (Å²) >= 11 is 0. The first-order chi connectivity index (χ1) is 6.24. The Morgan fingerprint density at radius 3 is 2.77 bits per heavy atom. The van der Waals surface area contributed by atoms with Gasteiger partial charge in [-0.25, -0.2) is 4.39 Å². The minimum absolute atomic E-state index is 0.0746. The second kappa shape index (κ2) is 3.68. The minimum Gasteiger partial charge on any atom is -0.492 e. The van der Waals surface area contributed by atoms with Gasteiger partial charge in [-0.15, -0.1) is 0 Å². The van der Waals surface area contributed by atoms with E-state index < -0.39 is 5.82 Å². The lowest BCUT2D eigenvalue weighted by atomic mass is 10.1. The molecule has 0 radical (unpaired) electrons. The van der Waals surface area contributed by atoms with E-state index in [9.17, 15) is 9.18 Å². The van der Waals surface area contributed by atoms with Crippen LogP contribution in [0.15, 0.2) is 12.1 Å². The molecule has 0 amide bonds. The number of benzene rings is 1. The molecular formula is C9H6FNO2. The molecule has 3 nitrogen and oxygen atoms in total. The van der Waals surface area contributed by atoms with E-state index in [0.717, 1.165) is 0 Å². The van der Waals surface area contributed by atoms with Gasteiger partial charge in [0, 0.05) is 0 Å². The Bertz CT molecular complexity index is 382. The number of hydrogen-bond donors (Lipinski definition) is 0. The Kier molecular flexibility index (Phi) is 2.60. The second-order valence-corrected chi connectivity index (χ2v) is 2.28. The number of methoxy groups -OCH3 is 1. The summed E-state index contributed by atoms with van der Waals surface area (Å²) in [6.07, 6.45) is 0.374. The van der Waals surface area contributed by atoms with Gasteiger partial charge in [-0.3, -0.25) is 4.79 Å². The van der Waals surface area contributed by atoms with Crippen molar-refractivity contribution in [1.82, 2.24) is 0 Å². The number of aldehydes is 1. The van der Waals surface area contributed by atoms with Gasteiger partial charge < -0.3 is 4.74 Å². The standard InChI is InChI=1S/C9H6FNO2/c1-13-9-6(4-11)2-3-7(5-12)8(9)10/h2-3,5H,1H3. The summed E-state index contributed by atoms with van der Waals surface area (Å²) in [5.41, 5.74) is -0.0403. The van der Waals surface area contributed by atoms with Crippen molar-refractivity contribution in [1.29, 1.82) is 5.26 Å². The quantitative estimate of drug-likeness (QED) is 0.646. The van der Waals surface area contributed by atoms with Gasteiger partial charge in [-0.05, 0) is 12.1 Å². The van der Waals surface area contributed by atoms with Gasteiger partial charge in [-0.1, -0.05) is 0 Å². The Morgan fingerprint density at radius 2 is 2.31 bits per heavy atom. The van der Waals surface area contributed by atoms with E-state index in [-0.39, 0.29) is 16.9 Å². The number of hydrogen-bond acceptors (Lipinski definition) is 3. The summed E-state index contributed by atoms with van der Waals surface area (Å²) < 4.78 is 17.9. The highest BCUT2D eigenvalue weighted by Crippen LogP contribution is 2.23. The zero-order valence-corrected chi connectivity index (χ0v) is 6.87. The molecule has 0 saturated carbocycles. The van der Waals surface area contributed by atoms with Crippen LogP contribution in [0.4, 0.5) is 4.39 Å². The SMILES string of the molecule is COc1c(C#N)ccc(C=O)c1F. The summed E-state index contributed by atoms with van der Waals surface area (Å²) in [5, 5.41) is 8.55. The number of ether oxygens (including phenoxy) is 1. The first-order valence-corrected chi connectivity index (χ1v) is 3.46. The molecule has 0 N–H and O–H groups in total. The average molecular weight is 179 g/mol. The third-order valence-corrected chi connectivity index (χ3v) is 1.58. The summed E-state index contributed by atoms with van der Waals surface area (Å²) in [7, 11) is 1.24. The van der Waals surface area contributed by atoms with E-state index in [2.05, 4.69) is 4.74 Å². The van der Waals surface area contributed by atoms with Crippen LogP contribution >= 0.6 is 0 Å². The van der Waals surface area contributed by atoms with Crippen molar-refractivity contribution in [3.8, 4) is 11.8 Å². The molecule has 13 heavy (non-hydrogen) atoms. The summed E-state index contributed by atoms with van der Waals surface area (Å²) in [6.45, 7) is 0.